The molecule has 2 rings (SSSR count). The number of rotatable bonds is 3. The first-order valence-corrected chi connectivity index (χ1v) is 7.12. The number of methoxy groups -OCH3 is 1. The van der Waals surface area contributed by atoms with Crippen LogP contribution in [0, 0.1) is 0 Å². The van der Waals surface area contributed by atoms with Gasteiger partial charge in [-0.2, -0.15) is 0 Å². The number of hydrogen-bond acceptors (Lipinski definition) is 5. The number of nitrogens with zero attached hydrogens (tertiary/aromatic N) is 2. The van der Waals surface area contributed by atoms with Crippen molar-refractivity contribution in [3.05, 3.63) is 18.3 Å². The van der Waals surface area contributed by atoms with Gasteiger partial charge in [0.1, 0.15) is 5.60 Å². The Labute approximate surface area is 125 Å². The van der Waals surface area contributed by atoms with Crippen molar-refractivity contribution in [1.82, 2.24) is 9.88 Å². The number of amides is 1. The van der Waals surface area contributed by atoms with Crippen LogP contribution in [0.25, 0.3) is 0 Å². The van der Waals surface area contributed by atoms with Crippen molar-refractivity contribution in [2.75, 3.05) is 25.5 Å². The molecule has 1 aromatic rings. The number of likely N-dealkylation sites (tertiary alicyclic amines) is 1. The fourth-order valence-corrected chi connectivity index (χ4v) is 2.25. The summed E-state index contributed by atoms with van der Waals surface area (Å²) in [4.78, 5) is 17.9. The monoisotopic (exact) mass is 293 g/mol. The first kappa shape index (κ1) is 15.4. The van der Waals surface area contributed by atoms with E-state index in [1.807, 2.05) is 32.9 Å². The van der Waals surface area contributed by atoms with Gasteiger partial charge < -0.3 is 19.7 Å². The molecule has 1 aromatic heterocycles. The number of hydrogen-bond donors (Lipinski definition) is 1. The molecule has 0 aliphatic carbocycles. The Hall–Kier alpha value is -1.98. The Morgan fingerprint density at radius 3 is 2.90 bits per heavy atom. The van der Waals surface area contributed by atoms with Crippen molar-refractivity contribution >= 4 is 11.8 Å². The summed E-state index contributed by atoms with van der Waals surface area (Å²) in [6.07, 6.45) is 2.30. The number of nitrogens with one attached hydrogen (secondary N) is 1. The highest BCUT2D eigenvalue weighted by atomic mass is 16.6. The van der Waals surface area contributed by atoms with Gasteiger partial charge in [0.15, 0.2) is 0 Å². The molecule has 6 nitrogen and oxygen atoms in total. The molecule has 1 unspecified atom stereocenters. The van der Waals surface area contributed by atoms with Gasteiger partial charge in [0.05, 0.1) is 12.8 Å². The van der Waals surface area contributed by atoms with Crippen LogP contribution >= 0.6 is 0 Å². The zero-order chi connectivity index (χ0) is 15.5. The smallest absolute Gasteiger partial charge is 0.410 e. The van der Waals surface area contributed by atoms with Crippen LogP contribution in [0.4, 0.5) is 10.5 Å². The highest BCUT2D eigenvalue weighted by Gasteiger charge is 2.30. The van der Waals surface area contributed by atoms with E-state index in [0.717, 1.165) is 12.1 Å². The van der Waals surface area contributed by atoms with Crippen LogP contribution in [0.15, 0.2) is 18.3 Å². The predicted octanol–water partition coefficient (Wildman–Crippen LogP) is 2.51. The lowest BCUT2D eigenvalue weighted by molar-refractivity contribution is 0.0293. The second kappa shape index (κ2) is 6.20. The van der Waals surface area contributed by atoms with Crippen molar-refractivity contribution in [1.29, 1.82) is 0 Å². The van der Waals surface area contributed by atoms with Gasteiger partial charge in [-0.15, -0.1) is 0 Å². The van der Waals surface area contributed by atoms with Gasteiger partial charge in [0.25, 0.3) is 0 Å². The van der Waals surface area contributed by atoms with E-state index in [1.165, 1.54) is 0 Å². The number of ether oxygens (including phenoxy) is 2. The van der Waals surface area contributed by atoms with E-state index in [4.69, 9.17) is 9.47 Å². The average molecular weight is 293 g/mol. The van der Waals surface area contributed by atoms with E-state index in [1.54, 1.807) is 18.2 Å². The van der Waals surface area contributed by atoms with E-state index in [2.05, 4.69) is 10.3 Å². The third-order valence-corrected chi connectivity index (χ3v) is 3.16. The van der Waals surface area contributed by atoms with Gasteiger partial charge in [-0.25, -0.2) is 9.78 Å². The summed E-state index contributed by atoms with van der Waals surface area (Å²) < 4.78 is 10.6. The molecule has 1 aliphatic heterocycles. The van der Waals surface area contributed by atoms with E-state index in [9.17, 15) is 4.79 Å². The second-order valence-corrected chi connectivity index (χ2v) is 6.12. The first-order valence-electron chi connectivity index (χ1n) is 7.12. The quantitative estimate of drug-likeness (QED) is 0.927. The molecular formula is C15H23N3O3. The van der Waals surface area contributed by atoms with Crippen molar-refractivity contribution in [3.8, 4) is 5.88 Å². The largest absolute Gasteiger partial charge is 0.480 e. The maximum atomic E-state index is 12.0. The Balaban J connectivity index is 1.92. The number of anilines is 1. The summed E-state index contributed by atoms with van der Waals surface area (Å²) in [5.41, 5.74) is 0.380. The summed E-state index contributed by atoms with van der Waals surface area (Å²) in [5, 5.41) is 3.37. The minimum Gasteiger partial charge on any atom is -0.480 e. The second-order valence-electron chi connectivity index (χ2n) is 6.12. The van der Waals surface area contributed by atoms with E-state index < -0.39 is 5.60 Å². The van der Waals surface area contributed by atoms with Crippen molar-refractivity contribution in [2.24, 2.45) is 0 Å². The molecule has 0 bridgehead atoms. The lowest BCUT2D eigenvalue weighted by Gasteiger charge is -2.24. The third-order valence-electron chi connectivity index (χ3n) is 3.16. The van der Waals surface area contributed by atoms with Crippen molar-refractivity contribution < 1.29 is 14.3 Å². The Bertz CT molecular complexity index is 499. The van der Waals surface area contributed by atoms with Crippen LogP contribution in [-0.2, 0) is 4.74 Å². The fourth-order valence-electron chi connectivity index (χ4n) is 2.25. The van der Waals surface area contributed by atoms with Gasteiger partial charge in [0, 0.05) is 25.3 Å². The number of carbonyl (C=O) groups excluding carboxylic acids is 1. The topological polar surface area (TPSA) is 63.7 Å². The molecule has 1 aliphatic rings. The van der Waals surface area contributed by atoms with Crippen LogP contribution in [-0.4, -0.2) is 47.8 Å². The number of aromatic nitrogens is 1. The molecule has 0 radical (unpaired) electrons. The van der Waals surface area contributed by atoms with E-state index in [-0.39, 0.29) is 12.1 Å². The predicted molar refractivity (Wildman–Crippen MR) is 80.6 cm³/mol. The van der Waals surface area contributed by atoms with Crippen LogP contribution < -0.4 is 10.1 Å². The third kappa shape index (κ3) is 4.24. The minimum absolute atomic E-state index is 0.176. The Morgan fingerprint density at radius 1 is 1.48 bits per heavy atom. The molecule has 1 amide bonds. The molecule has 0 saturated carbocycles. The summed E-state index contributed by atoms with van der Waals surface area (Å²) in [6.45, 7) is 6.92. The molecule has 1 saturated heterocycles. The molecule has 0 spiro atoms. The van der Waals surface area contributed by atoms with Crippen LogP contribution in [0.2, 0.25) is 0 Å². The molecule has 1 N–H and O–H groups in total. The number of carbonyl (C=O) groups is 1. The lowest BCUT2D eigenvalue weighted by atomic mass is 10.2. The van der Waals surface area contributed by atoms with Gasteiger partial charge in [-0.3, -0.25) is 0 Å². The van der Waals surface area contributed by atoms with E-state index in [0.29, 0.717) is 19.0 Å². The Kier molecular flexibility index (Phi) is 4.55. The zero-order valence-electron chi connectivity index (χ0n) is 13.0. The molecule has 21 heavy (non-hydrogen) atoms. The van der Waals surface area contributed by atoms with Crippen LogP contribution in [0.1, 0.15) is 27.2 Å². The molecule has 0 aromatic carbocycles. The maximum Gasteiger partial charge on any atom is 0.410 e. The highest BCUT2D eigenvalue weighted by Crippen LogP contribution is 2.24. The van der Waals surface area contributed by atoms with Crippen LogP contribution in [0.3, 0.4) is 0 Å². The fraction of sp³-hybridized carbons (Fsp3) is 0.600. The van der Waals surface area contributed by atoms with Gasteiger partial charge in [-0.05, 0) is 39.3 Å². The molecule has 6 heteroatoms. The zero-order valence-corrected chi connectivity index (χ0v) is 13.0. The van der Waals surface area contributed by atoms with E-state index >= 15 is 0 Å². The standard InChI is InChI=1S/C15H23N3O3/c1-15(2,3)21-14(19)18-9-7-11(10-18)17-12-6-5-8-16-13(12)20-4/h5-6,8,11,17H,7,9-10H2,1-4H3. The maximum absolute atomic E-state index is 12.0. The molecule has 2 heterocycles. The van der Waals surface area contributed by atoms with Crippen molar-refractivity contribution in [3.63, 3.8) is 0 Å². The highest BCUT2D eigenvalue weighted by molar-refractivity contribution is 5.68. The number of pyridine rings is 1. The van der Waals surface area contributed by atoms with Gasteiger partial charge >= 0.3 is 6.09 Å². The molecule has 116 valence electrons. The molecule has 1 fully saturated rings. The summed E-state index contributed by atoms with van der Waals surface area (Å²) >= 11 is 0. The normalized spacial score (nSPS) is 18.5. The minimum atomic E-state index is -0.463. The molecular weight excluding hydrogens is 270 g/mol. The van der Waals surface area contributed by atoms with Crippen LogP contribution in [0.5, 0.6) is 5.88 Å². The summed E-state index contributed by atoms with van der Waals surface area (Å²) in [6, 6.07) is 3.95. The SMILES string of the molecule is COc1ncccc1NC1CCN(C(=O)OC(C)(C)C)C1. The first-order chi connectivity index (χ1) is 9.89. The summed E-state index contributed by atoms with van der Waals surface area (Å²) in [5.74, 6) is 0.563. The summed E-state index contributed by atoms with van der Waals surface area (Å²) in [7, 11) is 1.59. The average Bonchev–Trinajstić information content (AvgIpc) is 2.86. The molecule has 1 atom stereocenters. The van der Waals surface area contributed by atoms with Gasteiger partial charge in [-0.1, -0.05) is 0 Å². The van der Waals surface area contributed by atoms with Gasteiger partial charge in [0.2, 0.25) is 5.88 Å². The van der Waals surface area contributed by atoms with Crippen molar-refractivity contribution in [2.45, 2.75) is 38.8 Å². The Morgan fingerprint density at radius 2 is 2.24 bits per heavy atom. The lowest BCUT2D eigenvalue weighted by Crippen LogP contribution is -2.36.